The van der Waals surface area contributed by atoms with E-state index >= 15 is 0 Å². The molecule has 5 nitrogen and oxygen atoms in total. The van der Waals surface area contributed by atoms with E-state index in [2.05, 4.69) is 42.8 Å². The topological polar surface area (TPSA) is 58.1 Å². The van der Waals surface area contributed by atoms with E-state index in [1.807, 2.05) is 37.3 Å². The van der Waals surface area contributed by atoms with Gasteiger partial charge >= 0.3 is 0 Å². The van der Waals surface area contributed by atoms with Gasteiger partial charge in [-0.3, -0.25) is 4.79 Å². The number of rotatable bonds is 4. The Balaban J connectivity index is 1.69. The Morgan fingerprint density at radius 3 is 2.78 bits per heavy atom. The second kappa shape index (κ2) is 7.25. The molecule has 6 heteroatoms. The smallest absolute Gasteiger partial charge is 0.251 e. The Morgan fingerprint density at radius 2 is 2.04 bits per heavy atom. The van der Waals surface area contributed by atoms with Crippen molar-refractivity contribution in [2.45, 2.75) is 26.3 Å². The minimum Gasteiger partial charge on any atom is -0.357 e. The van der Waals surface area contributed by atoms with Gasteiger partial charge in [-0.05, 0) is 60.6 Å². The standard InChI is InChI=1S/C17H19IN4O/c1-12-9-16(22-7-2-3-8-22)21-15(20-12)11-19-17(23)13-5-4-6-14(18)10-13/h4-6,9-10H,2-3,7-8,11H2,1H3,(H,19,23). The van der Waals surface area contributed by atoms with E-state index in [4.69, 9.17) is 0 Å². The molecule has 1 saturated heterocycles. The average molecular weight is 422 g/mol. The molecule has 1 aliphatic heterocycles. The number of benzene rings is 1. The molecule has 1 amide bonds. The maximum atomic E-state index is 12.2. The highest BCUT2D eigenvalue weighted by molar-refractivity contribution is 14.1. The number of hydrogen-bond acceptors (Lipinski definition) is 4. The number of halogens is 1. The number of nitrogens with zero attached hydrogens (tertiary/aromatic N) is 3. The minimum atomic E-state index is -0.101. The molecule has 0 unspecified atom stereocenters. The first-order valence-electron chi connectivity index (χ1n) is 7.75. The van der Waals surface area contributed by atoms with Gasteiger partial charge in [-0.25, -0.2) is 9.97 Å². The molecule has 3 rings (SSSR count). The monoisotopic (exact) mass is 422 g/mol. The van der Waals surface area contributed by atoms with Crippen LogP contribution in [0.3, 0.4) is 0 Å². The molecule has 0 radical (unpaired) electrons. The highest BCUT2D eigenvalue weighted by Crippen LogP contribution is 2.18. The van der Waals surface area contributed by atoms with Crippen molar-refractivity contribution in [1.82, 2.24) is 15.3 Å². The van der Waals surface area contributed by atoms with Gasteiger partial charge in [0.05, 0.1) is 6.54 Å². The van der Waals surface area contributed by atoms with Crippen molar-refractivity contribution in [2.75, 3.05) is 18.0 Å². The number of hydrogen-bond donors (Lipinski definition) is 1. The summed E-state index contributed by atoms with van der Waals surface area (Å²) in [6, 6.07) is 9.53. The number of nitrogens with one attached hydrogen (secondary N) is 1. The van der Waals surface area contributed by atoms with Crippen LogP contribution in [-0.2, 0) is 6.54 Å². The normalized spacial score (nSPS) is 14.1. The van der Waals surface area contributed by atoms with Crippen molar-refractivity contribution in [3.05, 3.63) is 51.0 Å². The summed E-state index contributed by atoms with van der Waals surface area (Å²) in [5.41, 5.74) is 1.59. The Kier molecular flexibility index (Phi) is 5.09. The molecule has 1 aliphatic rings. The second-order valence-electron chi connectivity index (χ2n) is 5.67. The molecule has 1 fully saturated rings. The fourth-order valence-corrected chi connectivity index (χ4v) is 3.23. The van der Waals surface area contributed by atoms with Crippen LogP contribution in [0.15, 0.2) is 30.3 Å². The Hall–Kier alpha value is -1.70. The zero-order valence-corrected chi connectivity index (χ0v) is 15.2. The number of amides is 1. The summed E-state index contributed by atoms with van der Waals surface area (Å²) in [5, 5.41) is 2.90. The first-order chi connectivity index (χ1) is 11.1. The van der Waals surface area contributed by atoms with Crippen molar-refractivity contribution >= 4 is 34.3 Å². The molecule has 0 bridgehead atoms. The van der Waals surface area contributed by atoms with E-state index in [1.165, 1.54) is 12.8 Å². The number of aryl methyl sites for hydroxylation is 1. The van der Waals surface area contributed by atoms with Gasteiger partial charge in [0.2, 0.25) is 0 Å². The number of carbonyl (C=O) groups is 1. The maximum absolute atomic E-state index is 12.2. The summed E-state index contributed by atoms with van der Waals surface area (Å²) < 4.78 is 1.04. The predicted molar refractivity (Wildman–Crippen MR) is 98.5 cm³/mol. The number of anilines is 1. The first kappa shape index (κ1) is 16.2. The van der Waals surface area contributed by atoms with E-state index in [0.717, 1.165) is 28.2 Å². The molecule has 0 saturated carbocycles. The second-order valence-corrected chi connectivity index (χ2v) is 6.92. The lowest BCUT2D eigenvalue weighted by Gasteiger charge is -2.17. The minimum absolute atomic E-state index is 0.101. The Bertz CT molecular complexity index is 713. The van der Waals surface area contributed by atoms with Gasteiger partial charge < -0.3 is 10.2 Å². The van der Waals surface area contributed by atoms with Crippen LogP contribution >= 0.6 is 22.6 Å². The van der Waals surface area contributed by atoms with Crippen LogP contribution < -0.4 is 10.2 Å². The fraction of sp³-hybridized carbons (Fsp3) is 0.353. The molecule has 1 aromatic carbocycles. The molecule has 2 heterocycles. The van der Waals surface area contributed by atoms with Crippen LogP contribution in [0.1, 0.15) is 34.7 Å². The predicted octanol–water partition coefficient (Wildman–Crippen LogP) is 2.92. The van der Waals surface area contributed by atoms with Gasteiger partial charge in [0.25, 0.3) is 5.91 Å². The molecule has 1 aromatic heterocycles. The van der Waals surface area contributed by atoms with Crippen LogP contribution in [0, 0.1) is 10.5 Å². The molecule has 0 atom stereocenters. The van der Waals surface area contributed by atoms with Crippen LogP contribution in [0.4, 0.5) is 5.82 Å². The Morgan fingerprint density at radius 1 is 1.26 bits per heavy atom. The average Bonchev–Trinajstić information content (AvgIpc) is 3.06. The van der Waals surface area contributed by atoms with Gasteiger partial charge in [-0.15, -0.1) is 0 Å². The lowest BCUT2D eigenvalue weighted by atomic mass is 10.2. The summed E-state index contributed by atoms with van der Waals surface area (Å²) in [7, 11) is 0. The van der Waals surface area contributed by atoms with Gasteiger partial charge in [0.1, 0.15) is 11.6 Å². The Labute approximate surface area is 149 Å². The molecule has 120 valence electrons. The van der Waals surface area contributed by atoms with Crippen molar-refractivity contribution in [3.63, 3.8) is 0 Å². The van der Waals surface area contributed by atoms with E-state index in [-0.39, 0.29) is 5.91 Å². The summed E-state index contributed by atoms with van der Waals surface area (Å²) in [6.07, 6.45) is 2.42. The van der Waals surface area contributed by atoms with Crippen molar-refractivity contribution < 1.29 is 4.79 Å². The lowest BCUT2D eigenvalue weighted by molar-refractivity contribution is 0.0949. The van der Waals surface area contributed by atoms with Gasteiger partial charge in [-0.2, -0.15) is 0 Å². The van der Waals surface area contributed by atoms with Crippen molar-refractivity contribution in [2.24, 2.45) is 0 Å². The zero-order valence-electron chi connectivity index (χ0n) is 13.1. The van der Waals surface area contributed by atoms with Crippen LogP contribution in [0.5, 0.6) is 0 Å². The zero-order chi connectivity index (χ0) is 16.2. The summed E-state index contributed by atoms with van der Waals surface area (Å²) in [5.74, 6) is 1.52. The molecular formula is C17H19IN4O. The summed E-state index contributed by atoms with van der Waals surface area (Å²) in [4.78, 5) is 23.5. The molecule has 0 aliphatic carbocycles. The van der Waals surface area contributed by atoms with Gasteiger partial charge in [-0.1, -0.05) is 6.07 Å². The highest BCUT2D eigenvalue weighted by atomic mass is 127. The first-order valence-corrected chi connectivity index (χ1v) is 8.83. The summed E-state index contributed by atoms with van der Waals surface area (Å²) in [6.45, 7) is 4.40. The maximum Gasteiger partial charge on any atom is 0.251 e. The molecule has 2 aromatic rings. The van der Waals surface area contributed by atoms with E-state index in [9.17, 15) is 4.79 Å². The molecule has 0 spiro atoms. The lowest BCUT2D eigenvalue weighted by Crippen LogP contribution is -2.25. The third-order valence-corrected chi connectivity index (χ3v) is 4.48. The van der Waals surface area contributed by atoms with E-state index in [1.54, 1.807) is 0 Å². The van der Waals surface area contributed by atoms with Crippen LogP contribution in [-0.4, -0.2) is 29.0 Å². The van der Waals surface area contributed by atoms with E-state index < -0.39 is 0 Å². The SMILES string of the molecule is Cc1cc(N2CCCC2)nc(CNC(=O)c2cccc(I)c2)n1. The van der Waals surface area contributed by atoms with Gasteiger partial charge in [0.15, 0.2) is 0 Å². The van der Waals surface area contributed by atoms with Gasteiger partial charge in [0, 0.05) is 34.0 Å². The van der Waals surface area contributed by atoms with Crippen molar-refractivity contribution in [1.29, 1.82) is 0 Å². The van der Waals surface area contributed by atoms with Crippen LogP contribution in [0.2, 0.25) is 0 Å². The quantitative estimate of drug-likeness (QED) is 0.771. The summed E-state index contributed by atoms with van der Waals surface area (Å²) >= 11 is 2.20. The van der Waals surface area contributed by atoms with E-state index in [0.29, 0.717) is 17.9 Å². The molecular weight excluding hydrogens is 403 g/mol. The van der Waals surface area contributed by atoms with Crippen molar-refractivity contribution in [3.8, 4) is 0 Å². The largest absolute Gasteiger partial charge is 0.357 e. The fourth-order valence-electron chi connectivity index (χ4n) is 2.69. The highest BCUT2D eigenvalue weighted by Gasteiger charge is 2.15. The molecule has 1 N–H and O–H groups in total. The third-order valence-electron chi connectivity index (χ3n) is 3.81. The van der Waals surface area contributed by atoms with Crippen LogP contribution in [0.25, 0.3) is 0 Å². The third kappa shape index (κ3) is 4.19. The number of carbonyl (C=O) groups excluding carboxylic acids is 1. The molecule has 23 heavy (non-hydrogen) atoms. The number of aromatic nitrogens is 2.